The van der Waals surface area contributed by atoms with Crippen LogP contribution in [-0.4, -0.2) is 10.7 Å². The molecule has 0 aliphatic carbocycles. The normalized spacial score (nSPS) is 7.20. The second kappa shape index (κ2) is 13.4. The summed E-state index contributed by atoms with van der Waals surface area (Å²) < 4.78 is 0. The monoisotopic (exact) mass is 162 g/mol. The third-order valence-electron chi connectivity index (χ3n) is 0. The topological polar surface area (TPSA) is 20.2 Å². The first kappa shape index (κ1) is 22.6. The van der Waals surface area contributed by atoms with E-state index in [2.05, 4.69) is 13.5 Å². The van der Waals surface area contributed by atoms with E-state index in [1.54, 1.807) is 20.8 Å². The third-order valence-corrected chi connectivity index (χ3v) is 0. The zero-order valence-corrected chi connectivity index (χ0v) is 11.1. The molecule has 0 fully saturated rings. The zero-order valence-electron chi connectivity index (χ0n) is 8.94. The average molecular weight is 162 g/mol. The number of rotatable bonds is 0. The summed E-state index contributed by atoms with van der Waals surface area (Å²) in [6.45, 7) is 11.7. The predicted molar refractivity (Wildman–Crippen MR) is 38.6 cm³/mol. The minimum atomic E-state index is -0.500. The van der Waals surface area contributed by atoms with Crippen molar-refractivity contribution in [3.8, 4) is 0 Å². The van der Waals surface area contributed by atoms with E-state index < -0.39 is 5.60 Å². The Bertz CT molecular complexity index is 58.0. The second-order valence-corrected chi connectivity index (χ2v) is 2.46. The molecule has 0 aliphatic heterocycles. The van der Waals surface area contributed by atoms with Crippen LogP contribution >= 0.6 is 0 Å². The van der Waals surface area contributed by atoms with Gasteiger partial charge in [-0.25, -0.2) is 19.6 Å². The molecule has 0 bridgehead atoms. The largest absolute Gasteiger partial charge is 1.00 e. The molecule has 10 heavy (non-hydrogen) atoms. The van der Waals surface area contributed by atoms with E-state index in [1.807, 2.05) is 0 Å². The molecule has 0 saturated heterocycles. The van der Waals surface area contributed by atoms with Gasteiger partial charge in [0.2, 0.25) is 0 Å². The van der Waals surface area contributed by atoms with Crippen molar-refractivity contribution in [1.29, 1.82) is 0 Å². The quantitative estimate of drug-likeness (QED) is 0.284. The summed E-state index contributed by atoms with van der Waals surface area (Å²) in [5.41, 5.74) is -0.500. The van der Waals surface area contributed by atoms with E-state index in [9.17, 15) is 0 Å². The molecule has 0 radical (unpaired) electrons. The maximum Gasteiger partial charge on any atom is 1.00 e. The summed E-state index contributed by atoms with van der Waals surface area (Å²) in [5.74, 6) is 0. The molecule has 0 amide bonds. The first-order chi connectivity index (χ1) is 3.41. The summed E-state index contributed by atoms with van der Waals surface area (Å²) in [4.78, 5) is 0. The number of hydrogen-bond donors (Lipinski definition) is 1. The van der Waals surface area contributed by atoms with Crippen LogP contribution in [0.4, 0.5) is 0 Å². The van der Waals surface area contributed by atoms with Crippen molar-refractivity contribution in [1.82, 2.24) is 0 Å². The maximum atomic E-state index is 8.52. The van der Waals surface area contributed by atoms with Crippen molar-refractivity contribution < 1.29 is 76.8 Å². The number of hydrogen-bond acceptors (Lipinski definition) is 1. The van der Waals surface area contributed by atoms with Gasteiger partial charge >= 0.3 is 70.2 Å². The Morgan fingerprint density at radius 3 is 1.50 bits per heavy atom. The van der Waals surface area contributed by atoms with Crippen LogP contribution in [0.25, 0.3) is 0 Å². The molecule has 0 aromatic heterocycles. The molecule has 52 valence electrons. The summed E-state index contributed by atoms with van der Waals surface area (Å²) in [6.07, 6.45) is 1.50. The van der Waals surface area contributed by atoms with Gasteiger partial charge < -0.3 is 6.53 Å². The van der Waals surface area contributed by atoms with E-state index in [0.717, 1.165) is 0 Å². The van der Waals surface area contributed by atoms with Gasteiger partial charge in [0.05, 0.1) is 5.60 Å². The minimum Gasteiger partial charge on any atom is -1.00 e. The Morgan fingerprint density at radius 1 is 1.50 bits per heavy atom. The van der Waals surface area contributed by atoms with Crippen molar-refractivity contribution >= 4 is 0 Å². The van der Waals surface area contributed by atoms with Gasteiger partial charge in [0.25, 0.3) is 0 Å². The summed E-state index contributed by atoms with van der Waals surface area (Å²) in [5, 5.41) is 8.52. The van der Waals surface area contributed by atoms with Crippen LogP contribution in [0.2, 0.25) is 0 Å². The van der Waals surface area contributed by atoms with E-state index >= 15 is 0 Å². The minimum absolute atomic E-state index is 0. The Morgan fingerprint density at radius 2 is 1.50 bits per heavy atom. The molecule has 0 spiro atoms. The van der Waals surface area contributed by atoms with Crippen LogP contribution < -0.4 is 70.2 Å². The van der Waals surface area contributed by atoms with Crippen molar-refractivity contribution in [3.05, 3.63) is 19.6 Å². The molecular weight excluding hydrogens is 146 g/mol. The zero-order chi connectivity index (χ0) is 7.21. The van der Waals surface area contributed by atoms with Crippen molar-refractivity contribution in [2.24, 2.45) is 0 Å². The van der Waals surface area contributed by atoms with E-state index in [-0.39, 0.29) is 71.7 Å². The van der Waals surface area contributed by atoms with Gasteiger partial charge in [-0.3, -0.25) is 0 Å². The molecule has 1 nitrogen and oxygen atoms in total. The maximum absolute atomic E-state index is 8.52. The van der Waals surface area contributed by atoms with Crippen LogP contribution in [0.3, 0.4) is 0 Å². The molecule has 0 aromatic rings. The van der Waals surface area contributed by atoms with Crippen LogP contribution in [0.1, 0.15) is 22.2 Å². The van der Waals surface area contributed by atoms with Crippen LogP contribution in [-0.2, 0) is 0 Å². The molecule has 0 aliphatic rings. The first-order valence-electron chi connectivity index (χ1n) is 2.54. The predicted octanol–water partition coefficient (Wildman–Crippen LogP) is -4.10. The van der Waals surface area contributed by atoms with Gasteiger partial charge in [0.15, 0.2) is 0 Å². The first-order valence-corrected chi connectivity index (χ1v) is 2.54. The summed E-state index contributed by atoms with van der Waals surface area (Å²) in [7, 11) is 0. The second-order valence-electron chi connectivity index (χ2n) is 2.46. The van der Waals surface area contributed by atoms with E-state index in [0.29, 0.717) is 0 Å². The molecule has 0 heterocycles. The van der Waals surface area contributed by atoms with Crippen LogP contribution in [0.5, 0.6) is 0 Å². The number of aliphatic hydroxyl groups is 1. The molecular formula is C7H16KLiO. The third kappa shape index (κ3) is 234. The SMILES string of the molecule is C=C[CH2-].CC(C)(C)O.[H-].[K+].[Li+]. The molecule has 0 saturated carbocycles. The fourth-order valence-corrected chi connectivity index (χ4v) is 0. The number of allylic oxidation sites excluding steroid dienone is 1. The Kier molecular flexibility index (Phi) is 30.3. The molecule has 1 N–H and O–H groups in total. The molecule has 0 aromatic carbocycles. The van der Waals surface area contributed by atoms with Crippen molar-refractivity contribution in [2.75, 3.05) is 0 Å². The van der Waals surface area contributed by atoms with Gasteiger partial charge in [-0.1, -0.05) is 0 Å². The van der Waals surface area contributed by atoms with Crippen molar-refractivity contribution in [2.45, 2.75) is 26.4 Å². The van der Waals surface area contributed by atoms with Crippen LogP contribution in [0, 0.1) is 6.92 Å². The average Bonchev–Trinajstić information content (AvgIpc) is 1.27. The standard InChI is InChI=1S/C4H10O.C3H5.K.Li.H/c1-4(2,3)5;1-3-2;;;/h5H,1-3H3;3H,1-2H2;;;/q;-1;2*+1;-1. The Labute approximate surface area is 121 Å². The van der Waals surface area contributed by atoms with E-state index in [4.69, 9.17) is 5.11 Å². The molecule has 0 rings (SSSR count). The fourth-order valence-electron chi connectivity index (χ4n) is 0. The van der Waals surface area contributed by atoms with E-state index in [1.165, 1.54) is 6.08 Å². The summed E-state index contributed by atoms with van der Waals surface area (Å²) >= 11 is 0. The van der Waals surface area contributed by atoms with Crippen LogP contribution in [0.15, 0.2) is 12.7 Å². The van der Waals surface area contributed by atoms with Gasteiger partial charge in [-0.2, -0.15) is 0 Å². The fraction of sp³-hybridized carbons (Fsp3) is 0.571. The van der Waals surface area contributed by atoms with Gasteiger partial charge in [0, 0.05) is 0 Å². The summed E-state index contributed by atoms with van der Waals surface area (Å²) in [6, 6.07) is 0. The Hall–Kier alpha value is 1.80. The van der Waals surface area contributed by atoms with Gasteiger partial charge in [-0.05, 0) is 20.8 Å². The Balaban J connectivity index is -0.0000000183. The molecule has 0 unspecified atom stereocenters. The molecule has 3 heteroatoms. The smallest absolute Gasteiger partial charge is 1.00 e. The van der Waals surface area contributed by atoms with Crippen molar-refractivity contribution in [3.63, 3.8) is 0 Å². The van der Waals surface area contributed by atoms with Gasteiger partial charge in [-0.15, -0.1) is 0 Å². The van der Waals surface area contributed by atoms with Gasteiger partial charge in [0.1, 0.15) is 0 Å². The molecule has 0 atom stereocenters.